The second kappa shape index (κ2) is 4.28. The Morgan fingerprint density at radius 3 is 2.67 bits per heavy atom. The molecule has 0 nitrogen and oxygen atoms in total. The first-order valence-corrected chi connectivity index (χ1v) is 6.89. The van der Waals surface area contributed by atoms with Crippen molar-refractivity contribution < 1.29 is 0 Å². The Hall–Kier alpha value is -1.56. The van der Waals surface area contributed by atoms with Crippen LogP contribution in [0.2, 0.25) is 0 Å². The van der Waals surface area contributed by atoms with Crippen molar-refractivity contribution in [3.8, 4) is 0 Å². The number of allylic oxidation sites excluding steroid dienone is 6. The van der Waals surface area contributed by atoms with Crippen LogP contribution < -0.4 is 0 Å². The van der Waals surface area contributed by atoms with Gasteiger partial charge in [0.1, 0.15) is 0 Å². The van der Waals surface area contributed by atoms with Crippen molar-refractivity contribution in [1.29, 1.82) is 0 Å². The van der Waals surface area contributed by atoms with Crippen molar-refractivity contribution in [3.63, 3.8) is 0 Å². The second-order valence-corrected chi connectivity index (χ2v) is 5.59. The maximum Gasteiger partial charge on any atom is 0.0150 e. The van der Waals surface area contributed by atoms with Crippen molar-refractivity contribution in [3.05, 3.63) is 70.8 Å². The molecule has 0 fully saturated rings. The van der Waals surface area contributed by atoms with E-state index < -0.39 is 0 Å². The molecule has 0 aliphatic heterocycles. The van der Waals surface area contributed by atoms with Crippen molar-refractivity contribution >= 4 is 0 Å². The number of rotatable bonds is 3. The first-order chi connectivity index (χ1) is 8.73. The third kappa shape index (κ3) is 1.96. The smallest absolute Gasteiger partial charge is 0.0150 e. The van der Waals surface area contributed by atoms with Crippen LogP contribution in [0.1, 0.15) is 37.8 Å². The van der Waals surface area contributed by atoms with Gasteiger partial charge in [0, 0.05) is 5.41 Å². The lowest BCUT2D eigenvalue weighted by Gasteiger charge is -2.32. The molecule has 0 spiro atoms. The normalized spacial score (nSPS) is 25.7. The molecule has 0 bridgehead atoms. The first-order valence-electron chi connectivity index (χ1n) is 6.89. The fourth-order valence-corrected chi connectivity index (χ4v) is 2.99. The molecule has 0 radical (unpaired) electrons. The van der Waals surface area contributed by atoms with Crippen LogP contribution >= 0.6 is 0 Å². The number of aryl methyl sites for hydroxylation is 1. The van der Waals surface area contributed by atoms with Crippen LogP contribution in [0.5, 0.6) is 0 Å². The lowest BCUT2D eigenvalue weighted by Crippen LogP contribution is -2.23. The minimum absolute atomic E-state index is 0.167. The largest absolute Gasteiger partial charge is 0.0763 e. The summed E-state index contributed by atoms with van der Waals surface area (Å²) in [5.74, 6) is 0. The predicted molar refractivity (Wildman–Crippen MR) is 77.7 cm³/mol. The third-order valence-electron chi connectivity index (χ3n) is 4.15. The van der Waals surface area contributed by atoms with Gasteiger partial charge in [0.15, 0.2) is 0 Å². The van der Waals surface area contributed by atoms with Gasteiger partial charge < -0.3 is 0 Å². The van der Waals surface area contributed by atoms with Crippen molar-refractivity contribution in [2.75, 3.05) is 0 Å². The zero-order valence-corrected chi connectivity index (χ0v) is 11.2. The fraction of sp³-hybridized carbons (Fsp3) is 0.333. The van der Waals surface area contributed by atoms with Crippen molar-refractivity contribution in [2.24, 2.45) is 0 Å². The topological polar surface area (TPSA) is 0 Å². The van der Waals surface area contributed by atoms with E-state index in [4.69, 9.17) is 0 Å². The van der Waals surface area contributed by atoms with Gasteiger partial charge >= 0.3 is 0 Å². The van der Waals surface area contributed by atoms with Gasteiger partial charge in [-0.05, 0) is 41.5 Å². The van der Waals surface area contributed by atoms with Crippen LogP contribution in [-0.4, -0.2) is 0 Å². The number of hydrogen-bond donors (Lipinski definition) is 0. The van der Waals surface area contributed by atoms with E-state index in [9.17, 15) is 0 Å². The molecule has 0 heteroatoms. The standard InChI is InChI=1S/C18H20/c1-3-14-7-4-5-9-17(14)18(2)12-6-8-16(13-18)15-10-11-15/h4-10,12H,3,11,13H2,1-2H3. The molecule has 0 heterocycles. The van der Waals surface area contributed by atoms with E-state index in [0.29, 0.717) is 0 Å². The molecule has 1 aromatic rings. The highest BCUT2D eigenvalue weighted by molar-refractivity contribution is 5.51. The SMILES string of the molecule is CCc1ccccc1C1(C)C=CC=C(C2=CC2)C1. The molecular formula is C18H20. The van der Waals surface area contributed by atoms with Crippen LogP contribution in [0, 0.1) is 0 Å². The molecule has 0 N–H and O–H groups in total. The summed E-state index contributed by atoms with van der Waals surface area (Å²) in [6.07, 6.45) is 12.7. The van der Waals surface area contributed by atoms with Gasteiger partial charge in [-0.25, -0.2) is 0 Å². The molecule has 1 atom stereocenters. The monoisotopic (exact) mass is 236 g/mol. The predicted octanol–water partition coefficient (Wildman–Crippen LogP) is 4.72. The minimum atomic E-state index is 0.167. The highest BCUT2D eigenvalue weighted by Crippen LogP contribution is 2.42. The molecule has 3 rings (SSSR count). The molecule has 0 amide bonds. The Bertz CT molecular complexity index is 557. The molecule has 18 heavy (non-hydrogen) atoms. The Balaban J connectivity index is 1.98. The maximum atomic E-state index is 2.37. The van der Waals surface area contributed by atoms with Gasteiger partial charge in [0.25, 0.3) is 0 Å². The Kier molecular flexibility index (Phi) is 2.74. The summed E-state index contributed by atoms with van der Waals surface area (Å²) in [4.78, 5) is 0. The summed E-state index contributed by atoms with van der Waals surface area (Å²) < 4.78 is 0. The van der Waals surface area contributed by atoms with Gasteiger partial charge in [0.05, 0.1) is 0 Å². The van der Waals surface area contributed by atoms with Crippen LogP contribution in [-0.2, 0) is 11.8 Å². The van der Waals surface area contributed by atoms with Gasteiger partial charge in [-0.3, -0.25) is 0 Å². The van der Waals surface area contributed by atoms with Crippen LogP contribution in [0.3, 0.4) is 0 Å². The van der Waals surface area contributed by atoms with Crippen LogP contribution in [0.15, 0.2) is 59.7 Å². The number of hydrogen-bond acceptors (Lipinski definition) is 0. The van der Waals surface area contributed by atoms with E-state index in [1.807, 2.05) is 0 Å². The Morgan fingerprint density at radius 1 is 1.17 bits per heavy atom. The Morgan fingerprint density at radius 2 is 1.94 bits per heavy atom. The van der Waals surface area contributed by atoms with Gasteiger partial charge in [0.2, 0.25) is 0 Å². The molecule has 0 saturated carbocycles. The molecule has 0 aromatic heterocycles. The lowest BCUT2D eigenvalue weighted by molar-refractivity contribution is 0.579. The number of benzene rings is 1. The van der Waals surface area contributed by atoms with E-state index in [0.717, 1.165) is 12.8 Å². The van der Waals surface area contributed by atoms with Crippen molar-refractivity contribution in [2.45, 2.75) is 38.5 Å². The summed E-state index contributed by atoms with van der Waals surface area (Å²) in [6, 6.07) is 8.89. The van der Waals surface area contributed by atoms with E-state index >= 15 is 0 Å². The van der Waals surface area contributed by atoms with E-state index in [1.165, 1.54) is 23.1 Å². The van der Waals surface area contributed by atoms with E-state index in [2.05, 4.69) is 62.4 Å². The molecule has 2 aliphatic rings. The first kappa shape index (κ1) is 11.5. The lowest BCUT2D eigenvalue weighted by atomic mass is 9.72. The second-order valence-electron chi connectivity index (χ2n) is 5.59. The van der Waals surface area contributed by atoms with Crippen molar-refractivity contribution in [1.82, 2.24) is 0 Å². The zero-order chi connectivity index (χ0) is 12.6. The molecule has 1 aromatic carbocycles. The summed E-state index contributed by atoms with van der Waals surface area (Å²) in [7, 11) is 0. The summed E-state index contributed by atoms with van der Waals surface area (Å²) >= 11 is 0. The molecule has 92 valence electrons. The molecule has 0 saturated heterocycles. The Labute approximate surface area is 110 Å². The van der Waals surface area contributed by atoms with Gasteiger partial charge in [-0.1, -0.05) is 62.4 Å². The fourth-order valence-electron chi connectivity index (χ4n) is 2.99. The molecular weight excluding hydrogens is 216 g/mol. The summed E-state index contributed by atoms with van der Waals surface area (Å²) in [5, 5.41) is 0. The summed E-state index contributed by atoms with van der Waals surface area (Å²) in [6.45, 7) is 4.61. The van der Waals surface area contributed by atoms with Gasteiger partial charge in [-0.2, -0.15) is 0 Å². The molecule has 2 aliphatic carbocycles. The summed E-state index contributed by atoms with van der Waals surface area (Å²) in [5.41, 5.74) is 6.23. The van der Waals surface area contributed by atoms with E-state index in [1.54, 1.807) is 5.57 Å². The highest BCUT2D eigenvalue weighted by atomic mass is 14.3. The zero-order valence-electron chi connectivity index (χ0n) is 11.2. The average molecular weight is 236 g/mol. The van der Waals surface area contributed by atoms with Gasteiger partial charge in [-0.15, -0.1) is 0 Å². The average Bonchev–Trinajstić information content (AvgIpc) is 3.23. The minimum Gasteiger partial charge on any atom is -0.0763 e. The maximum absolute atomic E-state index is 2.37. The van der Waals surface area contributed by atoms with Crippen LogP contribution in [0.25, 0.3) is 0 Å². The third-order valence-corrected chi connectivity index (χ3v) is 4.15. The quantitative estimate of drug-likeness (QED) is 0.712. The molecule has 1 unspecified atom stereocenters. The highest BCUT2D eigenvalue weighted by Gasteiger charge is 2.30. The van der Waals surface area contributed by atoms with E-state index in [-0.39, 0.29) is 5.41 Å². The van der Waals surface area contributed by atoms with Crippen LogP contribution in [0.4, 0.5) is 0 Å².